The highest BCUT2D eigenvalue weighted by Gasteiger charge is 2.30. The first kappa shape index (κ1) is 15.4. The summed E-state index contributed by atoms with van der Waals surface area (Å²) in [6.45, 7) is 5.31. The third kappa shape index (κ3) is 3.31. The van der Waals surface area contributed by atoms with Crippen LogP contribution < -0.4 is 10.1 Å². The molecule has 2 heterocycles. The van der Waals surface area contributed by atoms with Crippen molar-refractivity contribution in [3.05, 3.63) is 27.7 Å². The lowest BCUT2D eigenvalue weighted by atomic mass is 9.91. The van der Waals surface area contributed by atoms with Crippen LogP contribution in [-0.4, -0.2) is 37.7 Å². The van der Waals surface area contributed by atoms with E-state index in [9.17, 15) is 0 Å². The van der Waals surface area contributed by atoms with Crippen LogP contribution in [0.3, 0.4) is 0 Å². The molecule has 3 unspecified atom stereocenters. The Bertz CT molecular complexity index is 523. The Morgan fingerprint density at radius 3 is 2.86 bits per heavy atom. The van der Waals surface area contributed by atoms with Gasteiger partial charge in [0.05, 0.1) is 11.6 Å². The second-order valence-corrected chi connectivity index (χ2v) is 7.14. The second kappa shape index (κ2) is 6.33. The number of piperidine rings is 1. The summed E-state index contributed by atoms with van der Waals surface area (Å²) < 4.78 is 5.73. The van der Waals surface area contributed by atoms with Gasteiger partial charge in [0.2, 0.25) is 0 Å². The standard InChI is InChI=1S/C16H22Cl2N2O/c1-10-9-20(2)5-3-14(10)19-15-4-6-21-16-12(15)7-11(17)8-13(16)18/h7-8,10,14-15,19H,3-6,9H2,1-2H3. The predicted molar refractivity (Wildman–Crippen MR) is 87.5 cm³/mol. The first-order valence-corrected chi connectivity index (χ1v) is 8.36. The molecule has 0 amide bonds. The van der Waals surface area contributed by atoms with Gasteiger partial charge >= 0.3 is 0 Å². The molecule has 3 rings (SSSR count). The maximum absolute atomic E-state index is 6.26. The highest BCUT2D eigenvalue weighted by Crippen LogP contribution is 2.40. The first-order valence-electron chi connectivity index (χ1n) is 7.61. The van der Waals surface area contributed by atoms with Gasteiger partial charge in [0.25, 0.3) is 0 Å². The number of rotatable bonds is 2. The molecule has 21 heavy (non-hydrogen) atoms. The third-order valence-electron chi connectivity index (χ3n) is 4.59. The number of fused-ring (bicyclic) bond motifs is 1. The summed E-state index contributed by atoms with van der Waals surface area (Å²) in [6.07, 6.45) is 2.14. The number of hydrogen-bond acceptors (Lipinski definition) is 3. The number of nitrogens with one attached hydrogen (secondary N) is 1. The maximum atomic E-state index is 6.26. The highest BCUT2D eigenvalue weighted by atomic mass is 35.5. The van der Waals surface area contributed by atoms with Crippen molar-refractivity contribution in [2.75, 3.05) is 26.7 Å². The Morgan fingerprint density at radius 1 is 1.29 bits per heavy atom. The highest BCUT2D eigenvalue weighted by molar-refractivity contribution is 6.35. The lowest BCUT2D eigenvalue weighted by Gasteiger charge is -2.39. The van der Waals surface area contributed by atoms with Crippen molar-refractivity contribution in [1.82, 2.24) is 10.2 Å². The van der Waals surface area contributed by atoms with Crippen molar-refractivity contribution in [3.8, 4) is 5.75 Å². The van der Waals surface area contributed by atoms with E-state index in [2.05, 4.69) is 24.2 Å². The predicted octanol–water partition coefficient (Wildman–Crippen LogP) is 3.75. The number of likely N-dealkylation sites (tertiary alicyclic amines) is 1. The molecule has 0 aromatic heterocycles. The van der Waals surface area contributed by atoms with Gasteiger partial charge in [-0.2, -0.15) is 0 Å². The minimum Gasteiger partial charge on any atom is -0.492 e. The molecular weight excluding hydrogens is 307 g/mol. The van der Waals surface area contributed by atoms with E-state index in [4.69, 9.17) is 27.9 Å². The zero-order valence-electron chi connectivity index (χ0n) is 12.5. The average Bonchev–Trinajstić information content (AvgIpc) is 2.42. The largest absolute Gasteiger partial charge is 0.492 e. The monoisotopic (exact) mass is 328 g/mol. The minimum absolute atomic E-state index is 0.279. The smallest absolute Gasteiger partial charge is 0.142 e. The molecule has 3 nitrogen and oxygen atoms in total. The van der Waals surface area contributed by atoms with Crippen LogP contribution in [0.2, 0.25) is 10.0 Å². The third-order valence-corrected chi connectivity index (χ3v) is 5.09. The summed E-state index contributed by atoms with van der Waals surface area (Å²) in [7, 11) is 2.19. The molecule has 1 fully saturated rings. The van der Waals surface area contributed by atoms with Crippen molar-refractivity contribution >= 4 is 23.2 Å². The summed E-state index contributed by atoms with van der Waals surface area (Å²) in [5, 5.41) is 5.10. The van der Waals surface area contributed by atoms with Gasteiger partial charge in [-0.25, -0.2) is 0 Å². The number of ether oxygens (including phenoxy) is 1. The van der Waals surface area contributed by atoms with Gasteiger partial charge in [-0.05, 0) is 38.1 Å². The Morgan fingerprint density at radius 2 is 2.10 bits per heavy atom. The molecule has 0 bridgehead atoms. The molecule has 0 spiro atoms. The molecule has 0 saturated carbocycles. The van der Waals surface area contributed by atoms with Crippen LogP contribution in [0.15, 0.2) is 12.1 Å². The van der Waals surface area contributed by atoms with Crippen molar-refractivity contribution in [3.63, 3.8) is 0 Å². The van der Waals surface area contributed by atoms with E-state index in [0.717, 1.165) is 30.8 Å². The van der Waals surface area contributed by atoms with E-state index in [1.165, 1.54) is 6.42 Å². The Labute approximate surface area is 136 Å². The van der Waals surface area contributed by atoms with Crippen molar-refractivity contribution < 1.29 is 4.74 Å². The lowest BCUT2D eigenvalue weighted by molar-refractivity contribution is 0.154. The van der Waals surface area contributed by atoms with Crippen LogP contribution in [0.5, 0.6) is 5.75 Å². The van der Waals surface area contributed by atoms with E-state index >= 15 is 0 Å². The molecule has 3 atom stereocenters. The fourth-order valence-electron chi connectivity index (χ4n) is 3.46. The summed E-state index contributed by atoms with van der Waals surface area (Å²) in [6, 6.07) is 4.55. The summed E-state index contributed by atoms with van der Waals surface area (Å²) in [5.41, 5.74) is 1.10. The van der Waals surface area contributed by atoms with Gasteiger partial charge in [0.15, 0.2) is 0 Å². The van der Waals surface area contributed by atoms with Gasteiger partial charge in [0.1, 0.15) is 5.75 Å². The van der Waals surface area contributed by atoms with Gasteiger partial charge in [-0.3, -0.25) is 0 Å². The SMILES string of the molecule is CC1CN(C)CCC1NC1CCOc2c(Cl)cc(Cl)cc21. The summed E-state index contributed by atoms with van der Waals surface area (Å²) >= 11 is 12.4. The molecule has 2 aliphatic heterocycles. The lowest BCUT2D eigenvalue weighted by Crippen LogP contribution is -2.48. The number of nitrogens with zero attached hydrogens (tertiary/aromatic N) is 1. The number of hydrogen-bond donors (Lipinski definition) is 1. The number of benzene rings is 1. The fourth-order valence-corrected chi connectivity index (χ4v) is 4.02. The fraction of sp³-hybridized carbons (Fsp3) is 0.625. The average molecular weight is 329 g/mol. The Hall–Kier alpha value is -0.480. The van der Waals surface area contributed by atoms with Crippen molar-refractivity contribution in [2.24, 2.45) is 5.92 Å². The topological polar surface area (TPSA) is 24.5 Å². The quantitative estimate of drug-likeness (QED) is 0.894. The molecule has 116 valence electrons. The van der Waals surface area contributed by atoms with Crippen LogP contribution in [0.1, 0.15) is 31.4 Å². The van der Waals surface area contributed by atoms with E-state index in [0.29, 0.717) is 28.6 Å². The Balaban J connectivity index is 1.79. The molecule has 1 N–H and O–H groups in total. The number of halogens is 2. The Kier molecular flexibility index (Phi) is 4.65. The maximum Gasteiger partial charge on any atom is 0.142 e. The summed E-state index contributed by atoms with van der Waals surface area (Å²) in [4.78, 5) is 2.40. The van der Waals surface area contributed by atoms with E-state index in [1.807, 2.05) is 6.07 Å². The molecule has 1 saturated heterocycles. The molecule has 2 aliphatic rings. The van der Waals surface area contributed by atoms with E-state index in [1.54, 1.807) is 6.07 Å². The zero-order chi connectivity index (χ0) is 15.0. The van der Waals surface area contributed by atoms with Crippen LogP contribution in [-0.2, 0) is 0 Å². The molecular formula is C16H22Cl2N2O. The molecule has 0 aliphatic carbocycles. The van der Waals surface area contributed by atoms with E-state index in [-0.39, 0.29) is 6.04 Å². The zero-order valence-corrected chi connectivity index (χ0v) is 14.0. The van der Waals surface area contributed by atoms with Gasteiger partial charge < -0.3 is 15.0 Å². The molecule has 0 radical (unpaired) electrons. The molecule has 1 aromatic rings. The second-order valence-electron chi connectivity index (χ2n) is 6.30. The van der Waals surface area contributed by atoms with Crippen molar-refractivity contribution in [1.29, 1.82) is 0 Å². The van der Waals surface area contributed by atoms with Gasteiger partial charge in [0, 0.05) is 35.6 Å². The minimum atomic E-state index is 0.279. The van der Waals surface area contributed by atoms with E-state index < -0.39 is 0 Å². The van der Waals surface area contributed by atoms with Crippen LogP contribution in [0, 0.1) is 5.92 Å². The normalized spacial score (nSPS) is 29.8. The van der Waals surface area contributed by atoms with Gasteiger partial charge in [-0.1, -0.05) is 30.1 Å². The van der Waals surface area contributed by atoms with Crippen molar-refractivity contribution in [2.45, 2.75) is 31.8 Å². The first-order chi connectivity index (χ1) is 10.0. The molecule has 5 heteroatoms. The molecule has 1 aromatic carbocycles. The summed E-state index contributed by atoms with van der Waals surface area (Å²) in [5.74, 6) is 1.44. The van der Waals surface area contributed by atoms with Crippen LogP contribution >= 0.6 is 23.2 Å². The van der Waals surface area contributed by atoms with Crippen LogP contribution in [0.25, 0.3) is 0 Å². The van der Waals surface area contributed by atoms with Gasteiger partial charge in [-0.15, -0.1) is 0 Å². The van der Waals surface area contributed by atoms with Crippen LogP contribution in [0.4, 0.5) is 0 Å².